The lowest BCUT2D eigenvalue weighted by atomic mass is 10.0. The molecule has 1 heterocycles. The summed E-state index contributed by atoms with van der Waals surface area (Å²) in [6, 6.07) is 4.32. The van der Waals surface area contributed by atoms with E-state index in [0.717, 1.165) is 12.3 Å². The largest absolute Gasteiger partial charge is 0.496 e. The van der Waals surface area contributed by atoms with Crippen molar-refractivity contribution in [3.8, 4) is 5.75 Å². The van der Waals surface area contributed by atoms with Crippen molar-refractivity contribution in [2.24, 2.45) is 0 Å². The Hall–Kier alpha value is -1.18. The van der Waals surface area contributed by atoms with Gasteiger partial charge in [-0.15, -0.1) is 0 Å². The third kappa shape index (κ3) is 1.48. The van der Waals surface area contributed by atoms with E-state index in [0.29, 0.717) is 0 Å². The Labute approximate surface area is 78.9 Å². The van der Waals surface area contributed by atoms with Gasteiger partial charge >= 0.3 is 0 Å². The van der Waals surface area contributed by atoms with Crippen LogP contribution in [-0.2, 0) is 6.42 Å². The van der Waals surface area contributed by atoms with Crippen LogP contribution >= 0.6 is 0 Å². The molecule has 1 aromatic rings. The first-order valence-electron chi connectivity index (χ1n) is 4.72. The van der Waals surface area contributed by atoms with Crippen molar-refractivity contribution in [3.63, 3.8) is 0 Å². The van der Waals surface area contributed by atoms with E-state index < -0.39 is 0 Å². The van der Waals surface area contributed by atoms with Gasteiger partial charge in [0.05, 0.1) is 7.11 Å². The third-order valence-corrected chi connectivity index (χ3v) is 2.56. The maximum Gasteiger partial charge on any atom is 0.122 e. The fourth-order valence-electron chi connectivity index (χ4n) is 1.82. The average molecular weight is 177 g/mol. The van der Waals surface area contributed by atoms with Gasteiger partial charge in [0.1, 0.15) is 5.75 Å². The van der Waals surface area contributed by atoms with E-state index in [1.54, 1.807) is 7.11 Å². The van der Waals surface area contributed by atoms with Crippen molar-refractivity contribution in [1.82, 2.24) is 0 Å². The third-order valence-electron chi connectivity index (χ3n) is 2.56. The molecule has 0 radical (unpaired) electrons. The quantitative estimate of drug-likeness (QED) is 0.711. The zero-order valence-corrected chi connectivity index (χ0v) is 8.18. The van der Waals surface area contributed by atoms with Crippen LogP contribution in [0, 0.1) is 6.92 Å². The van der Waals surface area contributed by atoms with Gasteiger partial charge in [-0.25, -0.2) is 0 Å². The molecule has 0 saturated heterocycles. The lowest BCUT2D eigenvalue weighted by molar-refractivity contribution is 0.411. The van der Waals surface area contributed by atoms with Gasteiger partial charge in [-0.05, 0) is 43.0 Å². The second kappa shape index (κ2) is 3.29. The van der Waals surface area contributed by atoms with Crippen LogP contribution in [0.5, 0.6) is 5.75 Å². The number of nitrogens with one attached hydrogen (secondary N) is 1. The molecule has 0 aromatic heterocycles. The molecule has 0 aliphatic carbocycles. The highest BCUT2D eigenvalue weighted by Crippen LogP contribution is 2.29. The van der Waals surface area contributed by atoms with E-state index in [4.69, 9.17) is 4.74 Å². The first kappa shape index (κ1) is 8.42. The Bertz CT molecular complexity index is 320. The SMILES string of the molecule is COc1cc2c(cc1C)NCCC2. The molecule has 1 N–H and O–H groups in total. The highest BCUT2D eigenvalue weighted by Gasteiger charge is 2.10. The van der Waals surface area contributed by atoms with Gasteiger partial charge in [0.2, 0.25) is 0 Å². The first-order valence-corrected chi connectivity index (χ1v) is 4.72. The lowest BCUT2D eigenvalue weighted by Crippen LogP contribution is -2.11. The number of ether oxygens (including phenoxy) is 1. The molecule has 2 rings (SSSR count). The van der Waals surface area contributed by atoms with Crippen LogP contribution in [0.15, 0.2) is 12.1 Å². The summed E-state index contributed by atoms with van der Waals surface area (Å²) in [6.45, 7) is 3.17. The number of fused-ring (bicyclic) bond motifs is 1. The topological polar surface area (TPSA) is 21.3 Å². The van der Waals surface area contributed by atoms with Crippen LogP contribution in [0.3, 0.4) is 0 Å². The highest BCUT2D eigenvalue weighted by molar-refractivity contribution is 5.58. The number of rotatable bonds is 1. The molecule has 70 valence electrons. The second-order valence-corrected chi connectivity index (χ2v) is 3.51. The molecule has 0 fully saturated rings. The molecule has 1 aliphatic rings. The number of methoxy groups -OCH3 is 1. The molecule has 13 heavy (non-hydrogen) atoms. The molecule has 0 atom stereocenters. The summed E-state index contributed by atoms with van der Waals surface area (Å²) < 4.78 is 5.28. The summed E-state index contributed by atoms with van der Waals surface area (Å²) in [5.41, 5.74) is 3.87. The van der Waals surface area contributed by atoms with E-state index in [-0.39, 0.29) is 0 Å². The van der Waals surface area contributed by atoms with Crippen molar-refractivity contribution in [2.45, 2.75) is 19.8 Å². The smallest absolute Gasteiger partial charge is 0.122 e. The highest BCUT2D eigenvalue weighted by atomic mass is 16.5. The summed E-state index contributed by atoms with van der Waals surface area (Å²) in [5, 5.41) is 3.40. The summed E-state index contributed by atoms with van der Waals surface area (Å²) in [4.78, 5) is 0. The first-order chi connectivity index (χ1) is 6.31. The summed E-state index contributed by atoms with van der Waals surface area (Å²) in [6.07, 6.45) is 2.39. The van der Waals surface area contributed by atoms with Gasteiger partial charge in [-0.1, -0.05) is 0 Å². The van der Waals surface area contributed by atoms with Crippen molar-refractivity contribution < 1.29 is 4.74 Å². The molecule has 0 saturated carbocycles. The van der Waals surface area contributed by atoms with Crippen LogP contribution in [0.2, 0.25) is 0 Å². The number of aryl methyl sites for hydroxylation is 2. The minimum Gasteiger partial charge on any atom is -0.496 e. The van der Waals surface area contributed by atoms with Crippen molar-refractivity contribution in [2.75, 3.05) is 19.0 Å². The Morgan fingerprint density at radius 1 is 1.38 bits per heavy atom. The normalized spacial score (nSPS) is 14.6. The Kier molecular flexibility index (Phi) is 2.13. The van der Waals surface area contributed by atoms with E-state index in [2.05, 4.69) is 24.4 Å². The van der Waals surface area contributed by atoms with Gasteiger partial charge in [0.25, 0.3) is 0 Å². The van der Waals surface area contributed by atoms with E-state index in [1.807, 2.05) is 0 Å². The summed E-state index contributed by atoms with van der Waals surface area (Å²) in [5.74, 6) is 1.00. The fraction of sp³-hybridized carbons (Fsp3) is 0.455. The standard InChI is InChI=1S/C11H15NO/c1-8-6-10-9(4-3-5-12-10)7-11(8)13-2/h6-7,12H,3-5H2,1-2H3. The molecule has 0 unspecified atom stereocenters. The van der Waals surface area contributed by atoms with Crippen molar-refractivity contribution in [1.29, 1.82) is 0 Å². The monoisotopic (exact) mass is 177 g/mol. The zero-order valence-electron chi connectivity index (χ0n) is 8.18. The maximum atomic E-state index is 5.28. The van der Waals surface area contributed by atoms with Gasteiger partial charge in [-0.3, -0.25) is 0 Å². The van der Waals surface area contributed by atoms with Crippen molar-refractivity contribution >= 4 is 5.69 Å². The molecule has 0 spiro atoms. The molecule has 1 aliphatic heterocycles. The van der Waals surface area contributed by atoms with Crippen LogP contribution in [-0.4, -0.2) is 13.7 Å². The second-order valence-electron chi connectivity index (χ2n) is 3.51. The van der Waals surface area contributed by atoms with E-state index >= 15 is 0 Å². The van der Waals surface area contributed by atoms with Gasteiger partial charge < -0.3 is 10.1 Å². The Morgan fingerprint density at radius 3 is 3.00 bits per heavy atom. The van der Waals surface area contributed by atoms with Crippen LogP contribution in [0.4, 0.5) is 5.69 Å². The summed E-state index contributed by atoms with van der Waals surface area (Å²) in [7, 11) is 1.73. The van der Waals surface area contributed by atoms with Crippen LogP contribution < -0.4 is 10.1 Å². The van der Waals surface area contributed by atoms with Gasteiger partial charge in [0, 0.05) is 12.2 Å². The van der Waals surface area contributed by atoms with E-state index in [9.17, 15) is 0 Å². The molecule has 0 bridgehead atoms. The fourth-order valence-corrected chi connectivity index (χ4v) is 1.82. The number of benzene rings is 1. The predicted octanol–water partition coefficient (Wildman–Crippen LogP) is 2.36. The predicted molar refractivity (Wildman–Crippen MR) is 54.5 cm³/mol. The van der Waals surface area contributed by atoms with Gasteiger partial charge in [0.15, 0.2) is 0 Å². The van der Waals surface area contributed by atoms with E-state index in [1.165, 1.54) is 29.7 Å². The van der Waals surface area contributed by atoms with Gasteiger partial charge in [-0.2, -0.15) is 0 Å². The van der Waals surface area contributed by atoms with Crippen molar-refractivity contribution in [3.05, 3.63) is 23.3 Å². The minimum atomic E-state index is 1.00. The molecule has 2 heteroatoms. The molecule has 0 amide bonds. The zero-order chi connectivity index (χ0) is 9.26. The lowest BCUT2D eigenvalue weighted by Gasteiger charge is -2.19. The molecular formula is C11H15NO. The molecule has 2 nitrogen and oxygen atoms in total. The number of anilines is 1. The average Bonchev–Trinajstić information content (AvgIpc) is 2.17. The minimum absolute atomic E-state index is 1.00. The number of hydrogen-bond acceptors (Lipinski definition) is 2. The molecular weight excluding hydrogens is 162 g/mol. The number of hydrogen-bond donors (Lipinski definition) is 1. The Morgan fingerprint density at radius 2 is 2.23 bits per heavy atom. The summed E-state index contributed by atoms with van der Waals surface area (Å²) >= 11 is 0. The van der Waals surface area contributed by atoms with Crippen LogP contribution in [0.25, 0.3) is 0 Å². The maximum absolute atomic E-state index is 5.28. The van der Waals surface area contributed by atoms with Crippen LogP contribution in [0.1, 0.15) is 17.5 Å². The molecule has 1 aromatic carbocycles. The Balaban J connectivity index is 2.44.